The van der Waals surface area contributed by atoms with E-state index in [1.807, 2.05) is 0 Å². The van der Waals surface area contributed by atoms with Crippen LogP contribution >= 0.6 is 22.9 Å². The van der Waals surface area contributed by atoms with Crippen molar-refractivity contribution in [3.63, 3.8) is 0 Å². The maximum absolute atomic E-state index is 12.0. The zero-order valence-corrected chi connectivity index (χ0v) is 13.0. The van der Waals surface area contributed by atoms with Crippen LogP contribution in [-0.4, -0.2) is 23.3 Å². The number of nitrogens with zero attached hydrogens (tertiary/aromatic N) is 3. The Kier molecular flexibility index (Phi) is 4.52. The molecular formula is C10H9ClN4O4S2. The summed E-state index contributed by atoms with van der Waals surface area (Å²) in [5.74, 6) is 0. The first-order valence-electron chi connectivity index (χ1n) is 5.50. The van der Waals surface area contributed by atoms with E-state index >= 15 is 0 Å². The molecule has 11 heteroatoms. The Morgan fingerprint density at radius 1 is 1.43 bits per heavy atom. The minimum absolute atomic E-state index is 0.0705. The second-order valence-electron chi connectivity index (χ2n) is 3.96. The summed E-state index contributed by atoms with van der Waals surface area (Å²) in [6.45, 7) is 1.69. The van der Waals surface area contributed by atoms with Crippen molar-refractivity contribution in [2.24, 2.45) is 0 Å². The molecule has 0 unspecified atom stereocenters. The van der Waals surface area contributed by atoms with Crippen LogP contribution in [-0.2, 0) is 16.6 Å². The molecule has 2 aromatic heterocycles. The lowest BCUT2D eigenvalue weighted by Crippen LogP contribution is -2.23. The summed E-state index contributed by atoms with van der Waals surface area (Å²) >= 11 is 6.27. The van der Waals surface area contributed by atoms with Gasteiger partial charge in [0.25, 0.3) is 15.7 Å². The molecule has 0 aliphatic rings. The third-order valence-electron chi connectivity index (χ3n) is 2.39. The van der Waals surface area contributed by atoms with E-state index in [1.165, 1.54) is 12.4 Å². The van der Waals surface area contributed by atoms with Crippen molar-refractivity contribution >= 4 is 38.6 Å². The molecule has 0 amide bonds. The first-order chi connectivity index (χ1) is 9.79. The summed E-state index contributed by atoms with van der Waals surface area (Å²) in [5.41, 5.74) is 0.709. The van der Waals surface area contributed by atoms with E-state index in [0.717, 1.165) is 6.07 Å². The Hall–Kier alpha value is -1.62. The number of sulfonamides is 1. The zero-order valence-electron chi connectivity index (χ0n) is 10.6. The summed E-state index contributed by atoms with van der Waals surface area (Å²) < 4.78 is 25.9. The predicted octanol–water partition coefficient (Wildman–Crippen LogP) is 1.89. The molecule has 0 atom stereocenters. The lowest BCUT2D eigenvalue weighted by atomic mass is 10.4. The SMILES string of the molecule is Cc1cnc(CNS(=O)(=O)c2cc([N+](=O)[O-])c(Cl)s2)cn1. The number of aryl methyl sites for hydroxylation is 1. The summed E-state index contributed by atoms with van der Waals surface area (Å²) in [7, 11) is -3.89. The molecule has 0 spiro atoms. The first kappa shape index (κ1) is 15.8. The molecule has 0 saturated heterocycles. The van der Waals surface area contributed by atoms with Gasteiger partial charge in [0.05, 0.1) is 29.1 Å². The molecule has 0 aliphatic heterocycles. The van der Waals surface area contributed by atoms with Crippen molar-refractivity contribution in [1.82, 2.24) is 14.7 Å². The van der Waals surface area contributed by atoms with Crippen molar-refractivity contribution in [2.75, 3.05) is 0 Å². The molecule has 0 fully saturated rings. The number of halogens is 1. The van der Waals surface area contributed by atoms with Crippen LogP contribution in [0.2, 0.25) is 4.34 Å². The Bertz CT molecular complexity index is 773. The minimum Gasteiger partial charge on any atom is -0.258 e. The number of hydrogen-bond acceptors (Lipinski definition) is 7. The van der Waals surface area contributed by atoms with Crippen molar-refractivity contribution in [1.29, 1.82) is 0 Å². The average Bonchev–Trinajstić information content (AvgIpc) is 2.81. The second-order valence-corrected chi connectivity index (χ2v) is 7.60. The minimum atomic E-state index is -3.89. The van der Waals surface area contributed by atoms with Gasteiger partial charge in [-0.05, 0) is 6.92 Å². The highest BCUT2D eigenvalue weighted by Gasteiger charge is 2.25. The maximum atomic E-state index is 12.0. The van der Waals surface area contributed by atoms with Crippen LogP contribution in [0.15, 0.2) is 22.7 Å². The Balaban J connectivity index is 2.17. The third kappa shape index (κ3) is 3.73. The number of thiophene rings is 1. The predicted molar refractivity (Wildman–Crippen MR) is 76.8 cm³/mol. The first-order valence-corrected chi connectivity index (χ1v) is 8.18. The van der Waals surface area contributed by atoms with Crippen LogP contribution in [0, 0.1) is 17.0 Å². The fourth-order valence-electron chi connectivity index (χ4n) is 1.35. The van der Waals surface area contributed by atoms with E-state index < -0.39 is 20.6 Å². The van der Waals surface area contributed by atoms with Crippen molar-refractivity contribution in [2.45, 2.75) is 17.7 Å². The molecule has 8 nitrogen and oxygen atoms in total. The number of nitrogens with one attached hydrogen (secondary N) is 1. The van der Waals surface area contributed by atoms with Crippen molar-refractivity contribution in [3.05, 3.63) is 44.3 Å². The van der Waals surface area contributed by atoms with Crippen LogP contribution in [0.3, 0.4) is 0 Å². The summed E-state index contributed by atoms with van der Waals surface area (Å²) in [5, 5.41) is 10.7. The molecular weight excluding hydrogens is 340 g/mol. The van der Waals surface area contributed by atoms with Crippen LogP contribution in [0.5, 0.6) is 0 Å². The summed E-state index contributed by atoms with van der Waals surface area (Å²) in [6.07, 6.45) is 2.96. The summed E-state index contributed by atoms with van der Waals surface area (Å²) in [4.78, 5) is 17.9. The topological polar surface area (TPSA) is 115 Å². The average molecular weight is 349 g/mol. The Labute approximate surface area is 129 Å². The largest absolute Gasteiger partial charge is 0.300 e. The van der Waals surface area contributed by atoms with Crippen LogP contribution < -0.4 is 4.72 Å². The molecule has 112 valence electrons. The van der Waals surface area contributed by atoms with E-state index in [4.69, 9.17) is 11.6 Å². The molecule has 0 aromatic carbocycles. The number of hydrogen-bond donors (Lipinski definition) is 1. The van der Waals surface area contributed by atoms with Crippen LogP contribution in [0.1, 0.15) is 11.4 Å². The van der Waals surface area contributed by atoms with Gasteiger partial charge in [0.15, 0.2) is 4.34 Å². The Morgan fingerprint density at radius 3 is 2.67 bits per heavy atom. The van der Waals surface area contributed by atoms with Gasteiger partial charge in [-0.1, -0.05) is 11.6 Å². The van der Waals surface area contributed by atoms with Gasteiger partial charge in [-0.2, -0.15) is 0 Å². The Morgan fingerprint density at radius 2 is 2.14 bits per heavy atom. The molecule has 2 heterocycles. The molecule has 0 bridgehead atoms. The number of nitro groups is 1. The van der Waals surface area contributed by atoms with Gasteiger partial charge in [0, 0.05) is 12.3 Å². The molecule has 1 N–H and O–H groups in total. The van der Waals surface area contributed by atoms with Gasteiger partial charge in [-0.25, -0.2) is 13.1 Å². The van der Waals surface area contributed by atoms with E-state index in [1.54, 1.807) is 6.92 Å². The molecule has 21 heavy (non-hydrogen) atoms. The highest BCUT2D eigenvalue weighted by Crippen LogP contribution is 2.36. The van der Waals surface area contributed by atoms with Gasteiger partial charge in [0.1, 0.15) is 4.21 Å². The molecule has 0 radical (unpaired) electrons. The van der Waals surface area contributed by atoms with E-state index in [9.17, 15) is 18.5 Å². The van der Waals surface area contributed by atoms with Gasteiger partial charge < -0.3 is 0 Å². The maximum Gasteiger partial charge on any atom is 0.300 e. The van der Waals surface area contributed by atoms with E-state index in [2.05, 4.69) is 14.7 Å². The van der Waals surface area contributed by atoms with Gasteiger partial charge in [0.2, 0.25) is 0 Å². The lowest BCUT2D eigenvalue weighted by molar-refractivity contribution is -0.384. The standard InChI is InChI=1S/C10H9ClN4O4S2/c1-6-3-13-7(4-12-6)5-14-21(18,19)9-2-8(15(16)17)10(11)20-9/h2-4,14H,5H2,1H3. The normalized spacial score (nSPS) is 11.5. The smallest absolute Gasteiger partial charge is 0.258 e. The van der Waals surface area contributed by atoms with Gasteiger partial charge in [-0.3, -0.25) is 20.1 Å². The van der Waals surface area contributed by atoms with Crippen LogP contribution in [0.25, 0.3) is 0 Å². The zero-order chi connectivity index (χ0) is 15.6. The fraction of sp³-hybridized carbons (Fsp3) is 0.200. The van der Waals surface area contributed by atoms with Gasteiger partial charge >= 0.3 is 0 Å². The fourth-order valence-corrected chi connectivity index (χ4v) is 4.05. The van der Waals surface area contributed by atoms with Crippen molar-refractivity contribution < 1.29 is 13.3 Å². The molecule has 0 saturated carbocycles. The molecule has 0 aliphatic carbocycles. The highest BCUT2D eigenvalue weighted by molar-refractivity contribution is 7.91. The summed E-state index contributed by atoms with van der Waals surface area (Å²) in [6, 6.07) is 0.927. The number of rotatable bonds is 5. The second kappa shape index (κ2) is 6.02. The van der Waals surface area contributed by atoms with E-state index in [0.29, 0.717) is 22.7 Å². The molecule has 2 aromatic rings. The lowest BCUT2D eigenvalue weighted by Gasteiger charge is -2.03. The monoisotopic (exact) mass is 348 g/mol. The van der Waals surface area contributed by atoms with Crippen molar-refractivity contribution in [3.8, 4) is 0 Å². The third-order valence-corrected chi connectivity index (χ3v) is 5.60. The van der Waals surface area contributed by atoms with Gasteiger partial charge in [-0.15, -0.1) is 11.3 Å². The quantitative estimate of drug-likeness (QED) is 0.651. The number of aromatic nitrogens is 2. The molecule has 2 rings (SSSR count). The van der Waals surface area contributed by atoms with Crippen LogP contribution in [0.4, 0.5) is 5.69 Å². The highest BCUT2D eigenvalue weighted by atomic mass is 35.5. The van der Waals surface area contributed by atoms with E-state index in [-0.39, 0.29) is 15.1 Å².